The third-order valence-corrected chi connectivity index (χ3v) is 5.01. The Balaban J connectivity index is 1.59. The summed E-state index contributed by atoms with van der Waals surface area (Å²) in [5.41, 5.74) is 2.96. The van der Waals surface area contributed by atoms with Crippen LogP contribution >= 0.6 is 0 Å². The molecular weight excluding hydrogens is 356 g/mol. The first-order valence-corrected chi connectivity index (χ1v) is 9.56. The highest BCUT2D eigenvalue weighted by molar-refractivity contribution is 5.72. The first kappa shape index (κ1) is 19.8. The van der Waals surface area contributed by atoms with Crippen molar-refractivity contribution in [3.63, 3.8) is 0 Å². The smallest absolute Gasteiger partial charge is 0.272 e. The van der Waals surface area contributed by atoms with E-state index < -0.39 is 0 Å². The standard InChI is InChI=1S/C21H26N4O3/c1-17(26)22-10-9-19-8-7-18(15-21(19)25(27)28)16-23-11-13-24(14-12-23)20-5-3-2-4-6-20/h2-8,15H,9-14,16H2,1H3,(H,22,26). The summed E-state index contributed by atoms with van der Waals surface area (Å²) in [6.07, 6.45) is 0.450. The molecule has 148 valence electrons. The SMILES string of the molecule is CC(=O)NCCc1ccc(CN2CCN(c3ccccc3)CC2)cc1[N+](=O)[O-]. The predicted molar refractivity (Wildman–Crippen MR) is 109 cm³/mol. The minimum atomic E-state index is -0.333. The van der Waals surface area contributed by atoms with E-state index in [4.69, 9.17) is 0 Å². The highest BCUT2D eigenvalue weighted by Crippen LogP contribution is 2.23. The minimum Gasteiger partial charge on any atom is -0.369 e. The van der Waals surface area contributed by atoms with Crippen molar-refractivity contribution in [2.75, 3.05) is 37.6 Å². The van der Waals surface area contributed by atoms with Crippen LogP contribution in [0, 0.1) is 10.1 Å². The van der Waals surface area contributed by atoms with Crippen LogP contribution in [0.3, 0.4) is 0 Å². The molecule has 1 aliphatic rings. The molecule has 7 heteroatoms. The topological polar surface area (TPSA) is 78.7 Å². The van der Waals surface area contributed by atoms with Crippen LogP contribution in [0.2, 0.25) is 0 Å². The zero-order chi connectivity index (χ0) is 19.9. The van der Waals surface area contributed by atoms with Gasteiger partial charge in [-0.1, -0.05) is 30.3 Å². The Morgan fingerprint density at radius 1 is 1.11 bits per heavy atom. The van der Waals surface area contributed by atoms with Crippen LogP contribution in [0.25, 0.3) is 0 Å². The fourth-order valence-corrected chi connectivity index (χ4v) is 3.52. The molecular formula is C21H26N4O3. The van der Waals surface area contributed by atoms with Gasteiger partial charge >= 0.3 is 0 Å². The van der Waals surface area contributed by atoms with Crippen LogP contribution in [0.5, 0.6) is 0 Å². The monoisotopic (exact) mass is 382 g/mol. The minimum absolute atomic E-state index is 0.130. The number of nitro benzene ring substituents is 1. The van der Waals surface area contributed by atoms with E-state index in [1.165, 1.54) is 12.6 Å². The molecule has 1 saturated heterocycles. The number of rotatable bonds is 7. The Hall–Kier alpha value is -2.93. The molecule has 0 unspecified atom stereocenters. The van der Waals surface area contributed by atoms with Crippen molar-refractivity contribution in [3.8, 4) is 0 Å². The van der Waals surface area contributed by atoms with Crippen molar-refractivity contribution < 1.29 is 9.72 Å². The van der Waals surface area contributed by atoms with Crippen molar-refractivity contribution >= 4 is 17.3 Å². The molecule has 1 aliphatic heterocycles. The van der Waals surface area contributed by atoms with Crippen LogP contribution < -0.4 is 10.2 Å². The van der Waals surface area contributed by atoms with Gasteiger partial charge in [0.1, 0.15) is 0 Å². The number of para-hydroxylation sites is 1. The summed E-state index contributed by atoms with van der Waals surface area (Å²) in [6, 6.07) is 15.8. The van der Waals surface area contributed by atoms with Crippen LogP contribution in [0.15, 0.2) is 48.5 Å². The molecule has 28 heavy (non-hydrogen) atoms. The van der Waals surface area contributed by atoms with Crippen LogP contribution in [0.4, 0.5) is 11.4 Å². The second kappa shape index (κ2) is 9.32. The Morgan fingerprint density at radius 2 is 1.82 bits per heavy atom. The second-order valence-corrected chi connectivity index (χ2v) is 7.05. The lowest BCUT2D eigenvalue weighted by Crippen LogP contribution is -2.45. The zero-order valence-electron chi connectivity index (χ0n) is 16.1. The number of amides is 1. The molecule has 2 aromatic rings. The van der Waals surface area contributed by atoms with Crippen LogP contribution in [-0.2, 0) is 17.8 Å². The highest BCUT2D eigenvalue weighted by Gasteiger charge is 2.19. The summed E-state index contributed by atoms with van der Waals surface area (Å²) in [5, 5.41) is 14.1. The van der Waals surface area contributed by atoms with Gasteiger partial charge in [-0.2, -0.15) is 0 Å². The molecule has 7 nitrogen and oxygen atoms in total. The quantitative estimate of drug-likeness (QED) is 0.588. The van der Waals surface area contributed by atoms with E-state index in [1.807, 2.05) is 30.3 Å². The van der Waals surface area contributed by atoms with Crippen LogP contribution in [-0.4, -0.2) is 48.5 Å². The third-order valence-electron chi connectivity index (χ3n) is 5.01. The van der Waals surface area contributed by atoms with Gasteiger partial charge in [-0.25, -0.2) is 0 Å². The van der Waals surface area contributed by atoms with Gasteiger partial charge in [-0.3, -0.25) is 19.8 Å². The molecule has 0 radical (unpaired) electrons. The average molecular weight is 382 g/mol. The molecule has 2 aromatic carbocycles. The Bertz CT molecular complexity index is 818. The van der Waals surface area contributed by atoms with Gasteiger partial charge in [-0.15, -0.1) is 0 Å². The largest absolute Gasteiger partial charge is 0.369 e. The number of benzene rings is 2. The third kappa shape index (κ3) is 5.29. The number of carbonyl (C=O) groups excluding carboxylic acids is 1. The van der Waals surface area contributed by atoms with Gasteiger partial charge in [0.25, 0.3) is 5.69 Å². The molecule has 0 spiro atoms. The first-order valence-electron chi connectivity index (χ1n) is 9.56. The summed E-state index contributed by atoms with van der Waals surface area (Å²) in [7, 11) is 0. The van der Waals surface area contributed by atoms with Gasteiger partial charge in [0.2, 0.25) is 5.91 Å². The number of hydrogen-bond donors (Lipinski definition) is 1. The van der Waals surface area contributed by atoms with Crippen molar-refractivity contribution in [3.05, 3.63) is 69.8 Å². The van der Waals surface area contributed by atoms with Crippen LogP contribution in [0.1, 0.15) is 18.1 Å². The van der Waals surface area contributed by atoms with Gasteiger partial charge in [-0.05, 0) is 24.1 Å². The lowest BCUT2D eigenvalue weighted by atomic mass is 10.1. The van der Waals surface area contributed by atoms with E-state index in [0.29, 0.717) is 25.1 Å². The Labute approximate surface area is 165 Å². The van der Waals surface area contributed by atoms with E-state index in [1.54, 1.807) is 6.07 Å². The molecule has 1 fully saturated rings. The maximum atomic E-state index is 11.5. The summed E-state index contributed by atoms with van der Waals surface area (Å²) in [5.74, 6) is -0.131. The summed E-state index contributed by atoms with van der Waals surface area (Å²) in [4.78, 5) is 26.8. The highest BCUT2D eigenvalue weighted by atomic mass is 16.6. The van der Waals surface area contributed by atoms with Gasteiger partial charge in [0, 0.05) is 63.5 Å². The van der Waals surface area contributed by atoms with E-state index >= 15 is 0 Å². The normalized spacial score (nSPS) is 14.7. The van der Waals surface area contributed by atoms with E-state index in [0.717, 1.165) is 31.7 Å². The average Bonchev–Trinajstić information content (AvgIpc) is 2.70. The number of carbonyl (C=O) groups is 1. The van der Waals surface area contributed by atoms with Gasteiger partial charge in [0.05, 0.1) is 4.92 Å². The molecule has 0 bridgehead atoms. The molecule has 1 heterocycles. The van der Waals surface area contributed by atoms with Crippen molar-refractivity contribution in [1.82, 2.24) is 10.2 Å². The van der Waals surface area contributed by atoms with Gasteiger partial charge in [0.15, 0.2) is 0 Å². The lowest BCUT2D eigenvalue weighted by Gasteiger charge is -2.36. The summed E-state index contributed by atoms with van der Waals surface area (Å²) in [6.45, 7) is 6.28. The van der Waals surface area contributed by atoms with Crippen molar-refractivity contribution in [1.29, 1.82) is 0 Å². The number of nitrogens with one attached hydrogen (secondary N) is 1. The summed E-state index contributed by atoms with van der Waals surface area (Å²) < 4.78 is 0. The Kier molecular flexibility index (Phi) is 6.60. The van der Waals surface area contributed by atoms with Crippen molar-refractivity contribution in [2.24, 2.45) is 0 Å². The first-order chi connectivity index (χ1) is 13.5. The number of anilines is 1. The molecule has 0 saturated carbocycles. The predicted octanol–water partition coefficient (Wildman–Crippen LogP) is 2.60. The Morgan fingerprint density at radius 3 is 2.46 bits per heavy atom. The molecule has 3 rings (SSSR count). The van der Waals surface area contributed by atoms with E-state index in [9.17, 15) is 14.9 Å². The molecule has 0 atom stereocenters. The summed E-state index contributed by atoms with van der Waals surface area (Å²) >= 11 is 0. The van der Waals surface area contributed by atoms with Crippen molar-refractivity contribution in [2.45, 2.75) is 19.9 Å². The number of piperazine rings is 1. The number of nitro groups is 1. The molecule has 1 amide bonds. The fourth-order valence-electron chi connectivity index (χ4n) is 3.52. The molecule has 0 aromatic heterocycles. The number of hydrogen-bond acceptors (Lipinski definition) is 5. The second-order valence-electron chi connectivity index (χ2n) is 7.05. The zero-order valence-corrected chi connectivity index (χ0v) is 16.1. The lowest BCUT2D eigenvalue weighted by molar-refractivity contribution is -0.385. The van der Waals surface area contributed by atoms with E-state index in [-0.39, 0.29) is 16.5 Å². The maximum absolute atomic E-state index is 11.5. The maximum Gasteiger partial charge on any atom is 0.272 e. The van der Waals surface area contributed by atoms with Gasteiger partial charge < -0.3 is 10.2 Å². The van der Waals surface area contributed by atoms with E-state index in [2.05, 4.69) is 27.2 Å². The molecule has 1 N–H and O–H groups in total. The fraction of sp³-hybridized carbons (Fsp3) is 0.381. The molecule has 0 aliphatic carbocycles. The number of nitrogens with zero attached hydrogens (tertiary/aromatic N) is 3.